The molecule has 4 nitrogen and oxygen atoms in total. The summed E-state index contributed by atoms with van der Waals surface area (Å²) in [5.74, 6) is -0.260. The molecule has 0 saturated carbocycles. The molecule has 1 aromatic rings. The first kappa shape index (κ1) is 7.32. The van der Waals surface area contributed by atoms with Crippen LogP contribution in [0.25, 0.3) is 5.70 Å². The monoisotopic (exact) mass is 183 g/mol. The summed E-state index contributed by atoms with van der Waals surface area (Å²) in [4.78, 5) is 23.5. The highest BCUT2D eigenvalue weighted by Gasteiger charge is 2.20. The molecule has 0 aliphatic carbocycles. The van der Waals surface area contributed by atoms with Gasteiger partial charge in [0, 0.05) is 17.6 Å². The van der Waals surface area contributed by atoms with Crippen LogP contribution in [-0.4, -0.2) is 17.1 Å². The topological polar surface area (TPSA) is 54.7 Å². The normalized spacial score (nSPS) is 17.3. The lowest BCUT2D eigenvalue weighted by molar-refractivity contribution is -0.114. The van der Waals surface area contributed by atoms with Crippen molar-refractivity contribution in [2.24, 2.45) is 9.98 Å². The molecular formula is C10H5N3O. The number of hydrogen-bond donors (Lipinski definition) is 0. The number of hydrogen-bond acceptors (Lipinski definition) is 3. The molecule has 0 bridgehead atoms. The lowest BCUT2D eigenvalue weighted by Crippen LogP contribution is -2.35. The number of nitrogens with zero attached hydrogens (tertiary/aromatic N) is 3. The highest BCUT2D eigenvalue weighted by molar-refractivity contribution is 6.13. The molecule has 3 rings (SSSR count). The summed E-state index contributed by atoms with van der Waals surface area (Å²) in [6, 6.07) is 3.67. The fraction of sp³-hybridized carbons (Fsp3) is 0. The maximum absolute atomic E-state index is 11.5. The highest BCUT2D eigenvalue weighted by atomic mass is 16.1. The summed E-state index contributed by atoms with van der Waals surface area (Å²) < 4.78 is 0. The Morgan fingerprint density at radius 3 is 3.14 bits per heavy atom. The lowest BCUT2D eigenvalue weighted by atomic mass is 10.1. The molecule has 0 spiro atoms. The molecule has 0 atom stereocenters. The molecule has 1 aromatic heterocycles. The lowest BCUT2D eigenvalue weighted by Gasteiger charge is -2.03. The molecule has 3 heterocycles. The van der Waals surface area contributed by atoms with Crippen molar-refractivity contribution in [3.63, 3.8) is 0 Å². The Morgan fingerprint density at radius 1 is 1.29 bits per heavy atom. The van der Waals surface area contributed by atoms with Crippen molar-refractivity contribution >= 4 is 17.8 Å². The summed E-state index contributed by atoms with van der Waals surface area (Å²) in [5.41, 5.74) is 1.71. The van der Waals surface area contributed by atoms with Gasteiger partial charge >= 0.3 is 0 Å². The largest absolute Gasteiger partial charge is 0.281 e. The third-order valence-corrected chi connectivity index (χ3v) is 2.18. The first-order valence-electron chi connectivity index (χ1n) is 4.19. The van der Waals surface area contributed by atoms with E-state index in [2.05, 4.69) is 15.0 Å². The Morgan fingerprint density at radius 2 is 2.21 bits per heavy atom. The van der Waals surface area contributed by atoms with E-state index in [9.17, 15) is 4.79 Å². The van der Waals surface area contributed by atoms with E-state index in [1.165, 1.54) is 0 Å². The number of aliphatic imine (C=N–C) groups is 1. The minimum Gasteiger partial charge on any atom is -0.267 e. The van der Waals surface area contributed by atoms with Gasteiger partial charge in [0.15, 0.2) is 5.49 Å². The minimum atomic E-state index is -0.260. The van der Waals surface area contributed by atoms with E-state index in [-0.39, 0.29) is 5.91 Å². The van der Waals surface area contributed by atoms with Gasteiger partial charge in [0.1, 0.15) is 0 Å². The maximum atomic E-state index is 11.5. The van der Waals surface area contributed by atoms with Crippen LogP contribution in [0.1, 0.15) is 0 Å². The summed E-state index contributed by atoms with van der Waals surface area (Å²) in [6.07, 6.45) is 4.90. The van der Waals surface area contributed by atoms with Crippen LogP contribution in [0.15, 0.2) is 40.0 Å². The van der Waals surface area contributed by atoms with Gasteiger partial charge in [0.2, 0.25) is 0 Å². The third-order valence-electron chi connectivity index (χ3n) is 2.18. The van der Waals surface area contributed by atoms with Crippen LogP contribution in [0, 0.1) is 0 Å². The number of aromatic nitrogens is 1. The summed E-state index contributed by atoms with van der Waals surface area (Å²) in [6.45, 7) is 0. The quantitative estimate of drug-likeness (QED) is 0.537. The SMILES string of the molecule is O=C1N=c2ncccc2=C2N=CC=C12. The van der Waals surface area contributed by atoms with Crippen LogP contribution in [0.4, 0.5) is 0 Å². The molecule has 4 heteroatoms. The standard InChI is InChI=1S/C10H5N3O/c14-10-7-3-5-11-8(7)6-2-1-4-12-9(6)13-10/h1-5H. The Balaban J connectivity index is 2.57. The molecule has 0 fully saturated rings. The van der Waals surface area contributed by atoms with Crippen molar-refractivity contribution in [2.45, 2.75) is 0 Å². The molecule has 2 aliphatic rings. The zero-order chi connectivity index (χ0) is 9.54. The molecule has 0 N–H and O–H groups in total. The van der Waals surface area contributed by atoms with E-state index in [0.29, 0.717) is 16.8 Å². The van der Waals surface area contributed by atoms with Gasteiger partial charge in [0.25, 0.3) is 5.91 Å². The van der Waals surface area contributed by atoms with E-state index in [1.54, 1.807) is 18.5 Å². The van der Waals surface area contributed by atoms with Crippen molar-refractivity contribution in [1.82, 2.24) is 4.98 Å². The van der Waals surface area contributed by atoms with Gasteiger partial charge in [-0.1, -0.05) is 0 Å². The van der Waals surface area contributed by atoms with Crippen molar-refractivity contribution in [2.75, 3.05) is 0 Å². The molecule has 1 amide bonds. The highest BCUT2D eigenvalue weighted by Crippen LogP contribution is 2.17. The summed E-state index contributed by atoms with van der Waals surface area (Å²) >= 11 is 0. The van der Waals surface area contributed by atoms with Gasteiger partial charge in [-0.2, -0.15) is 4.99 Å². The van der Waals surface area contributed by atoms with Crippen molar-refractivity contribution in [3.05, 3.63) is 40.7 Å². The first-order valence-corrected chi connectivity index (χ1v) is 4.19. The molecule has 0 radical (unpaired) electrons. The molecule has 0 saturated heterocycles. The Kier molecular flexibility index (Phi) is 1.28. The van der Waals surface area contributed by atoms with Gasteiger partial charge in [-0.25, -0.2) is 4.98 Å². The van der Waals surface area contributed by atoms with E-state index in [1.807, 2.05) is 12.1 Å². The predicted octanol–water partition coefficient (Wildman–Crippen LogP) is -0.640. The second-order valence-corrected chi connectivity index (χ2v) is 3.00. The molecule has 0 unspecified atom stereocenters. The van der Waals surface area contributed by atoms with Crippen LogP contribution >= 0.6 is 0 Å². The minimum absolute atomic E-state index is 0.260. The van der Waals surface area contributed by atoms with Gasteiger partial charge in [-0.3, -0.25) is 9.79 Å². The van der Waals surface area contributed by atoms with E-state index < -0.39 is 0 Å². The fourth-order valence-electron chi connectivity index (χ4n) is 1.55. The Bertz CT molecular complexity index is 610. The molecule has 2 aliphatic heterocycles. The Hall–Kier alpha value is -2.10. The third kappa shape index (κ3) is 0.821. The fourth-order valence-corrected chi connectivity index (χ4v) is 1.55. The van der Waals surface area contributed by atoms with Crippen molar-refractivity contribution in [3.8, 4) is 0 Å². The van der Waals surface area contributed by atoms with Crippen LogP contribution in [0.2, 0.25) is 0 Å². The van der Waals surface area contributed by atoms with Gasteiger partial charge in [0.05, 0.1) is 11.3 Å². The van der Waals surface area contributed by atoms with Gasteiger partial charge in [-0.05, 0) is 18.2 Å². The van der Waals surface area contributed by atoms with E-state index in [0.717, 1.165) is 5.22 Å². The maximum Gasteiger partial charge on any atom is 0.281 e. The first-order chi connectivity index (χ1) is 6.86. The Labute approximate surface area is 79.0 Å². The van der Waals surface area contributed by atoms with Crippen molar-refractivity contribution in [1.29, 1.82) is 0 Å². The van der Waals surface area contributed by atoms with Crippen LogP contribution < -0.4 is 10.7 Å². The molecule has 14 heavy (non-hydrogen) atoms. The van der Waals surface area contributed by atoms with E-state index in [4.69, 9.17) is 0 Å². The van der Waals surface area contributed by atoms with Crippen LogP contribution in [0.5, 0.6) is 0 Å². The van der Waals surface area contributed by atoms with Crippen LogP contribution in [-0.2, 0) is 4.79 Å². The second kappa shape index (κ2) is 2.45. The zero-order valence-electron chi connectivity index (χ0n) is 7.14. The van der Waals surface area contributed by atoms with Gasteiger partial charge < -0.3 is 0 Å². The molecular weight excluding hydrogens is 178 g/mol. The van der Waals surface area contributed by atoms with Crippen LogP contribution in [0.3, 0.4) is 0 Å². The van der Waals surface area contributed by atoms with Crippen molar-refractivity contribution < 1.29 is 4.79 Å². The zero-order valence-corrected chi connectivity index (χ0v) is 7.14. The number of allylic oxidation sites excluding steroid dienone is 1. The summed E-state index contributed by atoms with van der Waals surface area (Å²) in [5, 5.41) is 0.826. The number of pyridine rings is 1. The number of carbonyl (C=O) groups is 1. The average molecular weight is 183 g/mol. The molecule has 0 aromatic carbocycles. The predicted molar refractivity (Wildman–Crippen MR) is 50.0 cm³/mol. The number of fused-ring (bicyclic) bond motifs is 2. The number of rotatable bonds is 0. The summed E-state index contributed by atoms with van der Waals surface area (Å²) in [7, 11) is 0. The van der Waals surface area contributed by atoms with E-state index >= 15 is 0 Å². The smallest absolute Gasteiger partial charge is 0.267 e. The average Bonchev–Trinajstić information content (AvgIpc) is 2.67. The second-order valence-electron chi connectivity index (χ2n) is 3.00. The number of amides is 1. The van der Waals surface area contributed by atoms with Gasteiger partial charge in [-0.15, -0.1) is 0 Å². The molecule has 66 valence electrons. The number of carbonyl (C=O) groups excluding carboxylic acids is 1.